The molecule has 15 heavy (non-hydrogen) atoms. The molecule has 0 radical (unpaired) electrons. The van der Waals surface area contributed by atoms with Crippen LogP contribution in [0, 0.1) is 5.82 Å². The van der Waals surface area contributed by atoms with Crippen molar-refractivity contribution in [2.75, 3.05) is 5.75 Å². The van der Waals surface area contributed by atoms with Crippen LogP contribution in [-0.4, -0.2) is 11.8 Å². The maximum atomic E-state index is 13.6. The van der Waals surface area contributed by atoms with E-state index in [1.165, 1.54) is 6.07 Å². The smallest absolute Gasteiger partial charge is 0.137 e. The summed E-state index contributed by atoms with van der Waals surface area (Å²) >= 11 is 1.59. The molecule has 0 saturated heterocycles. The van der Waals surface area contributed by atoms with Gasteiger partial charge in [-0.25, -0.2) is 4.39 Å². The fourth-order valence-electron chi connectivity index (χ4n) is 1.43. The topological polar surface area (TPSA) is 26.0 Å². The van der Waals surface area contributed by atoms with Gasteiger partial charge in [-0.15, -0.1) is 11.8 Å². The van der Waals surface area contributed by atoms with E-state index in [-0.39, 0.29) is 11.9 Å². The zero-order valence-corrected chi connectivity index (χ0v) is 10.1. The molecule has 0 fully saturated rings. The Hall–Kier alpha value is -0.540. The van der Waals surface area contributed by atoms with E-state index < -0.39 is 0 Å². The van der Waals surface area contributed by atoms with Crippen molar-refractivity contribution >= 4 is 11.8 Å². The molecule has 0 spiro atoms. The highest BCUT2D eigenvalue weighted by Gasteiger charge is 2.09. The summed E-state index contributed by atoms with van der Waals surface area (Å²) < 4.78 is 13.6. The second kappa shape index (κ2) is 6.13. The van der Waals surface area contributed by atoms with Crippen molar-refractivity contribution in [3.8, 4) is 0 Å². The minimum atomic E-state index is -0.119. The third kappa shape index (κ3) is 3.84. The Bertz CT molecular complexity index is 312. The van der Waals surface area contributed by atoms with E-state index in [9.17, 15) is 4.39 Å². The minimum absolute atomic E-state index is 0.0766. The molecular formula is C12H18FNS. The summed E-state index contributed by atoms with van der Waals surface area (Å²) in [7, 11) is 0. The molecule has 1 aromatic rings. The van der Waals surface area contributed by atoms with Crippen LogP contribution in [0.25, 0.3) is 0 Å². The van der Waals surface area contributed by atoms with Gasteiger partial charge < -0.3 is 5.73 Å². The van der Waals surface area contributed by atoms with Gasteiger partial charge in [0, 0.05) is 10.9 Å². The predicted octanol–water partition coefficient (Wildman–Crippen LogP) is 3.22. The molecule has 0 aliphatic rings. The van der Waals surface area contributed by atoms with Gasteiger partial charge in [0.1, 0.15) is 5.82 Å². The van der Waals surface area contributed by atoms with E-state index in [0.717, 1.165) is 29.1 Å². The van der Waals surface area contributed by atoms with Crippen molar-refractivity contribution in [1.82, 2.24) is 0 Å². The second-order valence-electron chi connectivity index (χ2n) is 3.76. The Labute approximate surface area is 95.2 Å². The first-order chi connectivity index (χ1) is 7.15. The highest BCUT2D eigenvalue weighted by molar-refractivity contribution is 7.99. The van der Waals surface area contributed by atoms with E-state index in [1.54, 1.807) is 17.8 Å². The Morgan fingerprint density at radius 2 is 2.20 bits per heavy atom. The lowest BCUT2D eigenvalue weighted by Gasteiger charge is -2.11. The quantitative estimate of drug-likeness (QED) is 0.782. The SMILES string of the molecule is CCCSc1c(F)cccc1CC(C)N. The molecule has 0 saturated carbocycles. The van der Waals surface area contributed by atoms with Crippen LogP contribution >= 0.6 is 11.8 Å². The van der Waals surface area contributed by atoms with Gasteiger partial charge in [-0.2, -0.15) is 0 Å². The van der Waals surface area contributed by atoms with Crippen LogP contribution in [0.5, 0.6) is 0 Å². The number of benzene rings is 1. The van der Waals surface area contributed by atoms with E-state index in [0.29, 0.717) is 0 Å². The van der Waals surface area contributed by atoms with Crippen LogP contribution in [0.1, 0.15) is 25.8 Å². The van der Waals surface area contributed by atoms with Crippen molar-refractivity contribution in [2.24, 2.45) is 5.73 Å². The fourth-order valence-corrected chi connectivity index (χ4v) is 2.38. The summed E-state index contributed by atoms with van der Waals surface area (Å²) in [6.07, 6.45) is 1.79. The maximum Gasteiger partial charge on any atom is 0.137 e. The molecule has 0 aliphatic carbocycles. The van der Waals surface area contributed by atoms with E-state index in [4.69, 9.17) is 5.73 Å². The summed E-state index contributed by atoms with van der Waals surface area (Å²) in [6.45, 7) is 4.04. The summed E-state index contributed by atoms with van der Waals surface area (Å²) in [6, 6.07) is 5.31. The summed E-state index contributed by atoms with van der Waals surface area (Å²) in [5.41, 5.74) is 6.77. The lowest BCUT2D eigenvalue weighted by Crippen LogP contribution is -2.18. The van der Waals surface area contributed by atoms with E-state index in [2.05, 4.69) is 6.92 Å². The second-order valence-corrected chi connectivity index (χ2v) is 4.86. The zero-order valence-electron chi connectivity index (χ0n) is 9.29. The minimum Gasteiger partial charge on any atom is -0.328 e. The first-order valence-electron chi connectivity index (χ1n) is 5.31. The molecule has 1 unspecified atom stereocenters. The molecule has 1 rings (SSSR count). The lowest BCUT2D eigenvalue weighted by atomic mass is 10.1. The Balaban J connectivity index is 2.87. The Morgan fingerprint density at radius 3 is 2.80 bits per heavy atom. The molecular weight excluding hydrogens is 209 g/mol. The largest absolute Gasteiger partial charge is 0.328 e. The third-order valence-corrected chi connectivity index (χ3v) is 3.40. The maximum absolute atomic E-state index is 13.6. The number of thioether (sulfide) groups is 1. The standard InChI is InChI=1S/C12H18FNS/c1-3-7-15-12-10(8-9(2)14)5-4-6-11(12)13/h4-6,9H,3,7-8,14H2,1-2H3. The van der Waals surface area contributed by atoms with Gasteiger partial charge in [-0.3, -0.25) is 0 Å². The molecule has 1 atom stereocenters. The van der Waals surface area contributed by atoms with Crippen molar-refractivity contribution in [3.63, 3.8) is 0 Å². The summed E-state index contributed by atoms with van der Waals surface area (Å²) in [5, 5.41) is 0. The van der Waals surface area contributed by atoms with Gasteiger partial charge in [0.05, 0.1) is 0 Å². The van der Waals surface area contributed by atoms with Crippen molar-refractivity contribution < 1.29 is 4.39 Å². The van der Waals surface area contributed by atoms with Crippen molar-refractivity contribution in [2.45, 2.75) is 37.6 Å². The average molecular weight is 227 g/mol. The van der Waals surface area contributed by atoms with E-state index in [1.807, 2.05) is 13.0 Å². The molecule has 1 nitrogen and oxygen atoms in total. The Kier molecular flexibility index (Phi) is 5.12. The third-order valence-electron chi connectivity index (χ3n) is 2.04. The van der Waals surface area contributed by atoms with Crippen molar-refractivity contribution in [1.29, 1.82) is 0 Å². The number of hydrogen-bond donors (Lipinski definition) is 1. The van der Waals surface area contributed by atoms with Crippen molar-refractivity contribution in [3.05, 3.63) is 29.6 Å². The van der Waals surface area contributed by atoms with E-state index >= 15 is 0 Å². The Morgan fingerprint density at radius 1 is 1.47 bits per heavy atom. The highest BCUT2D eigenvalue weighted by Crippen LogP contribution is 2.27. The molecule has 3 heteroatoms. The van der Waals surface area contributed by atoms with Gasteiger partial charge >= 0.3 is 0 Å². The monoisotopic (exact) mass is 227 g/mol. The molecule has 84 valence electrons. The summed E-state index contributed by atoms with van der Waals surface area (Å²) in [5.74, 6) is 0.832. The van der Waals surface area contributed by atoms with Crippen LogP contribution in [0.3, 0.4) is 0 Å². The number of halogens is 1. The summed E-state index contributed by atoms with van der Waals surface area (Å²) in [4.78, 5) is 0.775. The van der Waals surface area contributed by atoms with Crippen LogP contribution < -0.4 is 5.73 Å². The lowest BCUT2D eigenvalue weighted by molar-refractivity contribution is 0.592. The molecule has 2 N–H and O–H groups in total. The molecule has 0 bridgehead atoms. The highest BCUT2D eigenvalue weighted by atomic mass is 32.2. The van der Waals surface area contributed by atoms with Gasteiger partial charge in [0.25, 0.3) is 0 Å². The van der Waals surface area contributed by atoms with Crippen LogP contribution in [0.15, 0.2) is 23.1 Å². The predicted molar refractivity (Wildman–Crippen MR) is 64.8 cm³/mol. The molecule has 0 heterocycles. The molecule has 0 aliphatic heterocycles. The van der Waals surface area contributed by atoms with Gasteiger partial charge in [-0.1, -0.05) is 19.1 Å². The number of nitrogens with two attached hydrogens (primary N) is 1. The van der Waals surface area contributed by atoms with Crippen LogP contribution in [0.2, 0.25) is 0 Å². The average Bonchev–Trinajstić information content (AvgIpc) is 2.16. The van der Waals surface area contributed by atoms with Crippen LogP contribution in [0.4, 0.5) is 4.39 Å². The normalized spacial score (nSPS) is 12.8. The number of hydrogen-bond acceptors (Lipinski definition) is 2. The van der Waals surface area contributed by atoms with Crippen LogP contribution in [-0.2, 0) is 6.42 Å². The molecule has 0 amide bonds. The van der Waals surface area contributed by atoms with Gasteiger partial charge in [-0.05, 0) is 37.1 Å². The fraction of sp³-hybridized carbons (Fsp3) is 0.500. The van der Waals surface area contributed by atoms with Gasteiger partial charge in [0.15, 0.2) is 0 Å². The molecule has 0 aromatic heterocycles. The van der Waals surface area contributed by atoms with Gasteiger partial charge in [0.2, 0.25) is 0 Å². The number of rotatable bonds is 5. The first-order valence-corrected chi connectivity index (χ1v) is 6.29. The zero-order chi connectivity index (χ0) is 11.3. The first kappa shape index (κ1) is 12.5. The molecule has 1 aromatic carbocycles.